The van der Waals surface area contributed by atoms with Gasteiger partial charge in [-0.1, -0.05) is 140 Å². The molecule has 0 saturated carbocycles. The molecule has 3 nitrogen and oxygen atoms in total. The van der Waals surface area contributed by atoms with Crippen LogP contribution in [0.1, 0.15) is 0 Å². The molecule has 0 saturated heterocycles. The molecule has 0 amide bonds. The van der Waals surface area contributed by atoms with Gasteiger partial charge in [0.2, 0.25) is 0 Å². The highest BCUT2D eigenvalue weighted by Crippen LogP contribution is 2.53. The van der Waals surface area contributed by atoms with Gasteiger partial charge in [0.15, 0.2) is 17.5 Å². The van der Waals surface area contributed by atoms with Gasteiger partial charge in [-0.15, -0.1) is 11.3 Å². The van der Waals surface area contributed by atoms with Crippen molar-refractivity contribution in [2.24, 2.45) is 0 Å². The van der Waals surface area contributed by atoms with Crippen LogP contribution in [0.2, 0.25) is 0 Å². The Morgan fingerprint density at radius 3 is 1.88 bits per heavy atom. The summed E-state index contributed by atoms with van der Waals surface area (Å²) >= 11 is 1.86. The lowest BCUT2D eigenvalue weighted by Gasteiger charge is -2.13. The quantitative estimate of drug-likeness (QED) is 0.181. The van der Waals surface area contributed by atoms with E-state index in [-0.39, 0.29) is 0 Å². The molecule has 4 heteroatoms. The van der Waals surface area contributed by atoms with E-state index in [4.69, 9.17) is 15.0 Å². The molecule has 8 aromatic carbocycles. The molecule has 1 aliphatic rings. The highest BCUT2D eigenvalue weighted by atomic mass is 32.1. The molecular weight excluding hydrogens is 615 g/mol. The second-order valence-corrected chi connectivity index (χ2v) is 13.8. The minimum atomic E-state index is 0.664. The van der Waals surface area contributed by atoms with Crippen molar-refractivity contribution in [2.75, 3.05) is 0 Å². The van der Waals surface area contributed by atoms with E-state index < -0.39 is 0 Å². The molecule has 226 valence electrons. The Labute approximate surface area is 285 Å². The molecule has 0 atom stereocenters. The number of aromatic nitrogens is 3. The van der Waals surface area contributed by atoms with Crippen LogP contribution in [0.3, 0.4) is 0 Å². The number of thiophene rings is 1. The van der Waals surface area contributed by atoms with Crippen LogP contribution in [0.25, 0.3) is 109 Å². The minimum Gasteiger partial charge on any atom is -0.208 e. The SMILES string of the molecule is c1ccc(-c2nc(-c3cc4ccccc4c4ccccc34)nc(-c3cccc4sc5c6c(ccc5c34)-c3cccc4cccc-6c34)n2)cc1. The minimum absolute atomic E-state index is 0.664. The molecule has 49 heavy (non-hydrogen) atoms. The van der Waals surface area contributed by atoms with Crippen molar-refractivity contribution in [3.63, 3.8) is 0 Å². The maximum Gasteiger partial charge on any atom is 0.164 e. The monoisotopic (exact) mass is 639 g/mol. The van der Waals surface area contributed by atoms with E-state index >= 15 is 0 Å². The normalized spacial score (nSPS) is 12.1. The summed E-state index contributed by atoms with van der Waals surface area (Å²) in [6.07, 6.45) is 0. The van der Waals surface area contributed by atoms with Crippen LogP contribution < -0.4 is 0 Å². The fourth-order valence-electron chi connectivity index (χ4n) is 7.91. The van der Waals surface area contributed by atoms with Gasteiger partial charge in [-0.05, 0) is 61.1 Å². The third-order valence-electron chi connectivity index (χ3n) is 10.0. The average molecular weight is 640 g/mol. The third kappa shape index (κ3) is 3.86. The summed E-state index contributed by atoms with van der Waals surface area (Å²) in [5, 5.41) is 9.76. The Morgan fingerprint density at radius 2 is 1.02 bits per heavy atom. The van der Waals surface area contributed by atoms with Gasteiger partial charge >= 0.3 is 0 Å². The standard InChI is InChI=1S/C45H25N3S/c1-2-11-27(12-3-1)43-46-44(48-45(47-43)37-25-28-13-4-5-16-29(28)30-17-6-7-18-31(30)37)36-21-10-22-38-40(36)35-24-23-33-32-19-8-14-26-15-9-20-34(39(26)32)41(33)42(35)49-38/h1-25H. The summed E-state index contributed by atoms with van der Waals surface area (Å²) in [4.78, 5) is 15.7. The topological polar surface area (TPSA) is 38.7 Å². The van der Waals surface area contributed by atoms with E-state index in [1.54, 1.807) is 0 Å². The van der Waals surface area contributed by atoms with Gasteiger partial charge < -0.3 is 0 Å². The summed E-state index contributed by atoms with van der Waals surface area (Å²) in [5.41, 5.74) is 8.26. The van der Waals surface area contributed by atoms with E-state index in [1.807, 2.05) is 29.5 Å². The molecule has 2 aromatic heterocycles. The molecule has 0 N–H and O–H groups in total. The Morgan fingerprint density at radius 1 is 0.367 bits per heavy atom. The molecule has 10 aromatic rings. The molecule has 0 aliphatic heterocycles. The molecule has 0 bridgehead atoms. The summed E-state index contributed by atoms with van der Waals surface area (Å²) in [7, 11) is 0. The average Bonchev–Trinajstić information content (AvgIpc) is 3.72. The van der Waals surface area contributed by atoms with E-state index in [9.17, 15) is 0 Å². The first kappa shape index (κ1) is 26.8. The van der Waals surface area contributed by atoms with Gasteiger partial charge in [0, 0.05) is 42.4 Å². The number of hydrogen-bond acceptors (Lipinski definition) is 4. The predicted molar refractivity (Wildman–Crippen MR) is 206 cm³/mol. The largest absolute Gasteiger partial charge is 0.208 e. The highest BCUT2D eigenvalue weighted by molar-refractivity contribution is 7.26. The van der Waals surface area contributed by atoms with E-state index in [0.29, 0.717) is 17.5 Å². The van der Waals surface area contributed by atoms with E-state index in [1.165, 1.54) is 64.0 Å². The van der Waals surface area contributed by atoms with Gasteiger partial charge in [0.1, 0.15) is 0 Å². The van der Waals surface area contributed by atoms with Crippen LogP contribution in [0.4, 0.5) is 0 Å². The van der Waals surface area contributed by atoms with Crippen molar-refractivity contribution >= 4 is 63.8 Å². The van der Waals surface area contributed by atoms with Crippen LogP contribution in [0.5, 0.6) is 0 Å². The maximum atomic E-state index is 5.31. The Bertz CT molecular complexity index is 2990. The smallest absolute Gasteiger partial charge is 0.164 e. The second kappa shape index (κ2) is 10.1. The number of rotatable bonds is 3. The van der Waals surface area contributed by atoms with Crippen molar-refractivity contribution in [3.8, 4) is 56.4 Å². The van der Waals surface area contributed by atoms with Crippen LogP contribution in [-0.2, 0) is 0 Å². The summed E-state index contributed by atoms with van der Waals surface area (Å²) < 4.78 is 2.53. The Hall–Kier alpha value is -6.23. The van der Waals surface area contributed by atoms with Gasteiger partial charge in [0.25, 0.3) is 0 Å². The van der Waals surface area contributed by atoms with E-state index in [2.05, 4.69) is 133 Å². The lowest BCUT2D eigenvalue weighted by atomic mass is 9.96. The summed E-state index contributed by atoms with van der Waals surface area (Å²) in [5.74, 6) is 2.01. The molecule has 11 rings (SSSR count). The van der Waals surface area contributed by atoms with Crippen molar-refractivity contribution in [3.05, 3.63) is 152 Å². The fraction of sp³-hybridized carbons (Fsp3) is 0. The molecule has 0 spiro atoms. The molecule has 1 aliphatic carbocycles. The number of fused-ring (bicyclic) bond motifs is 10. The van der Waals surface area contributed by atoms with Crippen LogP contribution >= 0.6 is 11.3 Å². The van der Waals surface area contributed by atoms with E-state index in [0.717, 1.165) is 27.5 Å². The van der Waals surface area contributed by atoms with Gasteiger partial charge in [-0.25, -0.2) is 15.0 Å². The lowest BCUT2D eigenvalue weighted by Crippen LogP contribution is -2.01. The van der Waals surface area contributed by atoms with Crippen LogP contribution in [-0.4, -0.2) is 15.0 Å². The number of hydrogen-bond donors (Lipinski definition) is 0. The van der Waals surface area contributed by atoms with Crippen molar-refractivity contribution in [1.29, 1.82) is 0 Å². The molecule has 2 heterocycles. The van der Waals surface area contributed by atoms with Crippen LogP contribution in [0.15, 0.2) is 152 Å². The van der Waals surface area contributed by atoms with Crippen molar-refractivity contribution in [1.82, 2.24) is 15.0 Å². The lowest BCUT2D eigenvalue weighted by molar-refractivity contribution is 1.08. The Balaban J connectivity index is 1.20. The molecule has 0 fully saturated rings. The summed E-state index contributed by atoms with van der Waals surface area (Å²) in [6, 6.07) is 54.1. The zero-order valence-corrected chi connectivity index (χ0v) is 27.0. The third-order valence-corrected chi connectivity index (χ3v) is 11.2. The molecule has 0 unspecified atom stereocenters. The summed E-state index contributed by atoms with van der Waals surface area (Å²) in [6.45, 7) is 0. The first-order chi connectivity index (χ1) is 24.3. The Kier molecular flexibility index (Phi) is 5.54. The molecule has 0 radical (unpaired) electrons. The fourth-order valence-corrected chi connectivity index (χ4v) is 9.20. The zero-order chi connectivity index (χ0) is 32.1. The number of benzene rings is 8. The molecular formula is C45H25N3S. The van der Waals surface area contributed by atoms with Gasteiger partial charge in [-0.3, -0.25) is 0 Å². The number of nitrogens with zero attached hydrogens (tertiary/aromatic N) is 3. The van der Waals surface area contributed by atoms with Crippen molar-refractivity contribution in [2.45, 2.75) is 0 Å². The van der Waals surface area contributed by atoms with Gasteiger partial charge in [0.05, 0.1) is 0 Å². The maximum absolute atomic E-state index is 5.31. The van der Waals surface area contributed by atoms with Crippen LogP contribution in [0, 0.1) is 0 Å². The zero-order valence-electron chi connectivity index (χ0n) is 26.2. The first-order valence-electron chi connectivity index (χ1n) is 16.5. The predicted octanol–water partition coefficient (Wildman–Crippen LogP) is 12.3. The van der Waals surface area contributed by atoms with Crippen molar-refractivity contribution < 1.29 is 0 Å². The first-order valence-corrected chi connectivity index (χ1v) is 17.4. The van der Waals surface area contributed by atoms with Gasteiger partial charge in [-0.2, -0.15) is 0 Å². The highest BCUT2D eigenvalue weighted by Gasteiger charge is 2.26. The second-order valence-electron chi connectivity index (χ2n) is 12.7.